The standard InChI is InChI=1S/C22H37N3O4/c1-2-3-4-5-6-7-8-9-10-11-12-13-19(26)15-21(27)25-20(22(28)29)14-18-16-23-17-24-18/h16-17,20H,2-15H2,1H3,(H,23,24)(H,25,27)(H,28,29)/t20-/m0/s1. The van der Waals surface area contributed by atoms with Crippen molar-refractivity contribution in [3.05, 3.63) is 18.2 Å². The van der Waals surface area contributed by atoms with E-state index in [1.54, 1.807) is 0 Å². The van der Waals surface area contributed by atoms with Crippen molar-refractivity contribution in [2.45, 2.75) is 103 Å². The number of hydrogen-bond acceptors (Lipinski definition) is 4. The van der Waals surface area contributed by atoms with Crippen LogP contribution in [-0.2, 0) is 20.8 Å². The summed E-state index contributed by atoms with van der Waals surface area (Å²) in [7, 11) is 0. The van der Waals surface area contributed by atoms with E-state index in [1.807, 2.05) is 0 Å². The molecule has 1 heterocycles. The molecule has 1 amide bonds. The maximum absolute atomic E-state index is 12.0. The molecule has 0 aliphatic rings. The fourth-order valence-electron chi connectivity index (χ4n) is 3.32. The molecule has 0 aromatic carbocycles. The van der Waals surface area contributed by atoms with Gasteiger partial charge in [0, 0.05) is 24.7 Å². The highest BCUT2D eigenvalue weighted by Crippen LogP contribution is 2.12. The lowest BCUT2D eigenvalue weighted by molar-refractivity contribution is -0.142. The Morgan fingerprint density at radius 1 is 1.00 bits per heavy atom. The number of nitrogens with one attached hydrogen (secondary N) is 2. The van der Waals surface area contributed by atoms with Crippen LogP contribution in [0.4, 0.5) is 0 Å². The number of carboxylic acid groups (broad SMARTS) is 1. The summed E-state index contributed by atoms with van der Waals surface area (Å²) >= 11 is 0. The Labute approximate surface area is 174 Å². The van der Waals surface area contributed by atoms with Gasteiger partial charge >= 0.3 is 5.97 Å². The maximum atomic E-state index is 12.0. The van der Waals surface area contributed by atoms with Gasteiger partial charge < -0.3 is 15.4 Å². The van der Waals surface area contributed by atoms with Crippen molar-refractivity contribution in [1.29, 1.82) is 0 Å². The topological polar surface area (TPSA) is 112 Å². The Balaban J connectivity index is 2.07. The Morgan fingerprint density at radius 3 is 2.10 bits per heavy atom. The first-order chi connectivity index (χ1) is 14.0. The minimum absolute atomic E-state index is 0.105. The lowest BCUT2D eigenvalue weighted by Crippen LogP contribution is -2.43. The third-order valence-corrected chi connectivity index (χ3v) is 5.03. The van der Waals surface area contributed by atoms with E-state index in [9.17, 15) is 19.5 Å². The van der Waals surface area contributed by atoms with E-state index in [0.29, 0.717) is 12.1 Å². The SMILES string of the molecule is CCCCCCCCCCCCCC(=O)CC(=O)N[C@@H](Cc1cnc[nH]1)C(=O)O. The number of carboxylic acids is 1. The number of aliphatic carboxylic acids is 1. The molecule has 1 rings (SSSR count). The molecule has 1 atom stereocenters. The van der Waals surface area contributed by atoms with Crippen LogP contribution in [0.5, 0.6) is 0 Å². The molecule has 164 valence electrons. The largest absolute Gasteiger partial charge is 0.480 e. The van der Waals surface area contributed by atoms with Crippen LogP contribution in [0.25, 0.3) is 0 Å². The Morgan fingerprint density at radius 2 is 1.59 bits per heavy atom. The van der Waals surface area contributed by atoms with Crippen molar-refractivity contribution >= 4 is 17.7 Å². The monoisotopic (exact) mass is 407 g/mol. The predicted octanol–water partition coefficient (Wildman–Crippen LogP) is 4.18. The van der Waals surface area contributed by atoms with Crippen molar-refractivity contribution in [2.75, 3.05) is 0 Å². The van der Waals surface area contributed by atoms with Gasteiger partial charge in [0.2, 0.25) is 5.91 Å². The third-order valence-electron chi connectivity index (χ3n) is 5.03. The van der Waals surface area contributed by atoms with Crippen LogP contribution in [0.15, 0.2) is 12.5 Å². The van der Waals surface area contributed by atoms with Crippen LogP contribution in [0, 0.1) is 0 Å². The van der Waals surface area contributed by atoms with Crippen LogP contribution in [-0.4, -0.2) is 38.8 Å². The first-order valence-electron chi connectivity index (χ1n) is 11.0. The van der Waals surface area contributed by atoms with Gasteiger partial charge in [-0.15, -0.1) is 0 Å². The lowest BCUT2D eigenvalue weighted by Gasteiger charge is -2.13. The zero-order chi connectivity index (χ0) is 21.3. The van der Waals surface area contributed by atoms with Crippen LogP contribution >= 0.6 is 0 Å². The number of ketones is 1. The number of imidazole rings is 1. The lowest BCUT2D eigenvalue weighted by atomic mass is 10.0. The average molecular weight is 408 g/mol. The van der Waals surface area contributed by atoms with E-state index in [4.69, 9.17) is 0 Å². The summed E-state index contributed by atoms with van der Waals surface area (Å²) in [6.45, 7) is 2.23. The van der Waals surface area contributed by atoms with E-state index in [-0.39, 0.29) is 18.6 Å². The molecule has 0 aliphatic carbocycles. The molecule has 29 heavy (non-hydrogen) atoms. The Kier molecular flexibility index (Phi) is 13.5. The average Bonchev–Trinajstić information content (AvgIpc) is 3.18. The van der Waals surface area contributed by atoms with E-state index >= 15 is 0 Å². The summed E-state index contributed by atoms with van der Waals surface area (Å²) in [4.78, 5) is 41.9. The molecule has 1 aromatic rings. The smallest absolute Gasteiger partial charge is 0.326 e. The number of rotatable bonds is 18. The van der Waals surface area contributed by atoms with Crippen molar-refractivity contribution in [2.24, 2.45) is 0 Å². The molecular formula is C22H37N3O4. The number of aromatic amines is 1. The highest BCUT2D eigenvalue weighted by Gasteiger charge is 2.22. The molecule has 0 saturated heterocycles. The summed E-state index contributed by atoms with van der Waals surface area (Å²) < 4.78 is 0. The molecule has 0 bridgehead atoms. The second kappa shape index (κ2) is 15.7. The molecule has 1 aromatic heterocycles. The fraction of sp³-hybridized carbons (Fsp3) is 0.727. The first-order valence-corrected chi connectivity index (χ1v) is 11.0. The van der Waals surface area contributed by atoms with E-state index < -0.39 is 17.9 Å². The number of carbonyl (C=O) groups is 3. The van der Waals surface area contributed by atoms with Crippen LogP contribution in [0.1, 0.15) is 96.1 Å². The van der Waals surface area contributed by atoms with E-state index in [0.717, 1.165) is 19.3 Å². The van der Waals surface area contributed by atoms with Gasteiger partial charge in [0.25, 0.3) is 0 Å². The number of hydrogen-bond donors (Lipinski definition) is 3. The molecule has 7 heteroatoms. The Hall–Kier alpha value is -2.18. The second-order valence-electron chi connectivity index (χ2n) is 7.74. The highest BCUT2D eigenvalue weighted by molar-refractivity contribution is 5.99. The van der Waals surface area contributed by atoms with Crippen molar-refractivity contribution in [3.8, 4) is 0 Å². The zero-order valence-corrected chi connectivity index (χ0v) is 17.8. The number of Topliss-reactive ketones (excluding diaryl/α,β-unsaturated/α-hetero) is 1. The number of aromatic nitrogens is 2. The van der Waals surface area contributed by atoms with E-state index in [2.05, 4.69) is 22.2 Å². The molecule has 7 nitrogen and oxygen atoms in total. The van der Waals surface area contributed by atoms with Crippen molar-refractivity contribution in [3.63, 3.8) is 0 Å². The Bertz CT molecular complexity index is 587. The minimum Gasteiger partial charge on any atom is -0.480 e. The number of unbranched alkanes of at least 4 members (excludes halogenated alkanes) is 10. The molecule has 3 N–H and O–H groups in total. The number of amides is 1. The van der Waals surface area contributed by atoms with Crippen molar-refractivity contribution < 1.29 is 19.5 Å². The van der Waals surface area contributed by atoms with Crippen LogP contribution in [0.3, 0.4) is 0 Å². The van der Waals surface area contributed by atoms with E-state index in [1.165, 1.54) is 63.9 Å². The zero-order valence-electron chi connectivity index (χ0n) is 17.8. The summed E-state index contributed by atoms with van der Waals surface area (Å²) in [5.41, 5.74) is 0.616. The number of carbonyl (C=O) groups excluding carboxylic acids is 2. The summed E-state index contributed by atoms with van der Waals surface area (Å²) in [6, 6.07) is -1.07. The normalized spacial score (nSPS) is 11.9. The van der Waals surface area contributed by atoms with Gasteiger partial charge in [0.1, 0.15) is 11.8 Å². The summed E-state index contributed by atoms with van der Waals surface area (Å²) in [5.74, 6) is -1.81. The van der Waals surface area contributed by atoms with Gasteiger partial charge in [-0.25, -0.2) is 9.78 Å². The second-order valence-corrected chi connectivity index (χ2v) is 7.74. The fourth-order valence-corrected chi connectivity index (χ4v) is 3.32. The van der Waals surface area contributed by atoms with Crippen LogP contribution < -0.4 is 5.32 Å². The van der Waals surface area contributed by atoms with Gasteiger partial charge in [0.15, 0.2) is 0 Å². The van der Waals surface area contributed by atoms with Gasteiger partial charge in [-0.3, -0.25) is 9.59 Å². The first kappa shape index (κ1) is 24.9. The number of H-pyrrole nitrogens is 1. The predicted molar refractivity (Wildman–Crippen MR) is 113 cm³/mol. The summed E-state index contributed by atoms with van der Waals surface area (Å²) in [5, 5.41) is 11.7. The molecule has 0 fully saturated rings. The third kappa shape index (κ3) is 12.8. The quantitative estimate of drug-likeness (QED) is 0.250. The minimum atomic E-state index is -1.13. The van der Waals surface area contributed by atoms with Gasteiger partial charge in [-0.1, -0.05) is 71.1 Å². The molecular weight excluding hydrogens is 370 g/mol. The summed E-state index contributed by atoms with van der Waals surface area (Å²) in [6.07, 6.45) is 16.5. The molecule has 0 spiro atoms. The molecule has 0 radical (unpaired) electrons. The number of nitrogens with zero attached hydrogens (tertiary/aromatic N) is 1. The molecule has 0 unspecified atom stereocenters. The van der Waals surface area contributed by atoms with Gasteiger partial charge in [-0.2, -0.15) is 0 Å². The van der Waals surface area contributed by atoms with Gasteiger partial charge in [-0.05, 0) is 6.42 Å². The highest BCUT2D eigenvalue weighted by atomic mass is 16.4. The van der Waals surface area contributed by atoms with Gasteiger partial charge in [0.05, 0.1) is 12.7 Å². The maximum Gasteiger partial charge on any atom is 0.326 e. The van der Waals surface area contributed by atoms with Crippen LogP contribution in [0.2, 0.25) is 0 Å². The molecule has 0 saturated carbocycles. The molecule has 0 aliphatic heterocycles. The van der Waals surface area contributed by atoms with Crippen molar-refractivity contribution in [1.82, 2.24) is 15.3 Å².